The Hall–Kier alpha value is -4.40. The Bertz CT molecular complexity index is 1660. The smallest absolute Gasteiger partial charge is 0.307 e. The monoisotopic (exact) mass is 525 g/mol. The number of hydrogen-bond acceptors (Lipinski definition) is 6. The number of halogens is 1. The molecule has 9 heteroatoms. The molecule has 2 aliphatic carbocycles. The molecule has 39 heavy (non-hydrogen) atoms. The fourth-order valence-electron chi connectivity index (χ4n) is 5.83. The first-order chi connectivity index (χ1) is 18.7. The normalized spacial score (nSPS) is 19.5. The summed E-state index contributed by atoms with van der Waals surface area (Å²) in [6.45, 7) is 4.05. The van der Waals surface area contributed by atoms with Crippen molar-refractivity contribution >= 4 is 11.8 Å². The van der Waals surface area contributed by atoms with E-state index in [1.165, 1.54) is 23.0 Å². The Morgan fingerprint density at radius 2 is 1.87 bits per heavy atom. The van der Waals surface area contributed by atoms with Crippen LogP contribution in [0, 0.1) is 25.6 Å². The molecule has 2 aromatic carbocycles. The first-order valence-electron chi connectivity index (χ1n) is 13.0. The molecule has 0 radical (unpaired) electrons. The van der Waals surface area contributed by atoms with E-state index in [1.807, 2.05) is 32.0 Å². The molecule has 1 saturated carbocycles. The van der Waals surface area contributed by atoms with Crippen LogP contribution in [-0.2, 0) is 18.3 Å². The third-order valence-electron chi connectivity index (χ3n) is 7.89. The molecule has 8 nitrogen and oxygen atoms in total. The number of nitrogens with one attached hydrogen (secondary N) is 1. The van der Waals surface area contributed by atoms with Gasteiger partial charge >= 0.3 is 5.97 Å². The van der Waals surface area contributed by atoms with Gasteiger partial charge in [-0.25, -0.2) is 14.4 Å². The Morgan fingerprint density at radius 1 is 1.10 bits per heavy atom. The molecule has 6 rings (SSSR count). The number of aliphatic carboxylic acids is 1. The summed E-state index contributed by atoms with van der Waals surface area (Å²) in [7, 11) is 1.67. The summed E-state index contributed by atoms with van der Waals surface area (Å²) in [6, 6.07) is 8.71. The van der Waals surface area contributed by atoms with Gasteiger partial charge in [0.25, 0.3) is 5.56 Å². The summed E-state index contributed by atoms with van der Waals surface area (Å²) in [4.78, 5) is 36.6. The first kappa shape index (κ1) is 24.9. The van der Waals surface area contributed by atoms with Crippen molar-refractivity contribution in [1.82, 2.24) is 19.5 Å². The van der Waals surface area contributed by atoms with Crippen molar-refractivity contribution in [3.05, 3.63) is 93.2 Å². The van der Waals surface area contributed by atoms with E-state index >= 15 is 4.39 Å². The van der Waals surface area contributed by atoms with Gasteiger partial charge in [0.2, 0.25) is 0 Å². The number of carboxylic acids is 1. The van der Waals surface area contributed by atoms with Gasteiger partial charge in [-0.15, -0.1) is 0 Å². The van der Waals surface area contributed by atoms with Crippen LogP contribution in [-0.4, -0.2) is 30.6 Å². The van der Waals surface area contributed by atoms with E-state index in [2.05, 4.69) is 20.3 Å². The summed E-state index contributed by atoms with van der Waals surface area (Å²) >= 11 is 0. The van der Waals surface area contributed by atoms with Crippen molar-refractivity contribution in [1.29, 1.82) is 0 Å². The van der Waals surface area contributed by atoms with Crippen LogP contribution in [0.3, 0.4) is 0 Å². The molecule has 2 N–H and O–H groups in total. The van der Waals surface area contributed by atoms with E-state index in [0.717, 1.165) is 33.4 Å². The van der Waals surface area contributed by atoms with Crippen LogP contribution in [0.15, 0.2) is 53.8 Å². The molecular weight excluding hydrogens is 497 g/mol. The lowest BCUT2D eigenvalue weighted by Crippen LogP contribution is -2.15. The first-order valence-corrected chi connectivity index (χ1v) is 13.0. The van der Waals surface area contributed by atoms with E-state index in [1.54, 1.807) is 19.4 Å². The number of nitrogens with zero attached hydrogens (tertiary/aromatic N) is 4. The van der Waals surface area contributed by atoms with Gasteiger partial charge in [-0.05, 0) is 79.1 Å². The molecule has 2 heterocycles. The maximum Gasteiger partial charge on any atom is 0.307 e. The Balaban J connectivity index is 1.29. The summed E-state index contributed by atoms with van der Waals surface area (Å²) in [6.07, 6.45) is 6.75. The minimum absolute atomic E-state index is 0.0860. The number of carboxylic acid groups (broad SMARTS) is 1. The van der Waals surface area contributed by atoms with E-state index in [0.29, 0.717) is 42.0 Å². The zero-order chi connectivity index (χ0) is 27.4. The van der Waals surface area contributed by atoms with Gasteiger partial charge in [0.05, 0.1) is 42.1 Å². The van der Waals surface area contributed by atoms with Crippen LogP contribution >= 0.6 is 0 Å². The van der Waals surface area contributed by atoms with Crippen molar-refractivity contribution in [2.24, 2.45) is 13.0 Å². The highest BCUT2D eigenvalue weighted by Gasteiger charge is 2.45. The second-order valence-corrected chi connectivity index (χ2v) is 10.5. The highest BCUT2D eigenvalue weighted by molar-refractivity contribution is 5.79. The van der Waals surface area contributed by atoms with Gasteiger partial charge in [-0.1, -0.05) is 6.07 Å². The quantitative estimate of drug-likeness (QED) is 0.367. The van der Waals surface area contributed by atoms with Crippen molar-refractivity contribution in [3.63, 3.8) is 0 Å². The van der Waals surface area contributed by atoms with E-state index in [4.69, 9.17) is 5.11 Å². The highest BCUT2D eigenvalue weighted by atomic mass is 19.1. The van der Waals surface area contributed by atoms with Crippen LogP contribution in [0.2, 0.25) is 0 Å². The molecule has 1 fully saturated rings. The third-order valence-corrected chi connectivity index (χ3v) is 7.89. The SMILES string of the molecule is Cc1cc(-c2cc(=O)n(C)cn2)cc(C)c1-c1ccc(F)c2c1CC[C@H]2Nc1cnc([C@H]2C[C@@H]2C(=O)O)cn1. The van der Waals surface area contributed by atoms with Crippen molar-refractivity contribution in [2.75, 3.05) is 5.32 Å². The van der Waals surface area contributed by atoms with Gasteiger partial charge in [0, 0.05) is 30.2 Å². The molecule has 198 valence electrons. The Morgan fingerprint density at radius 3 is 2.51 bits per heavy atom. The molecule has 3 atom stereocenters. The largest absolute Gasteiger partial charge is 0.481 e. The Labute approximate surface area is 224 Å². The number of carbonyl (C=O) groups is 1. The topological polar surface area (TPSA) is 110 Å². The Kier molecular flexibility index (Phi) is 6.01. The number of fused-ring (bicyclic) bond motifs is 1. The molecule has 4 aromatic rings. The lowest BCUT2D eigenvalue weighted by atomic mass is 9.88. The van der Waals surface area contributed by atoms with Crippen molar-refractivity contribution in [3.8, 4) is 22.4 Å². The van der Waals surface area contributed by atoms with Gasteiger partial charge in [0.15, 0.2) is 0 Å². The summed E-state index contributed by atoms with van der Waals surface area (Å²) in [5, 5.41) is 12.5. The second-order valence-electron chi connectivity index (χ2n) is 10.5. The molecule has 0 aliphatic heterocycles. The molecule has 0 bridgehead atoms. The fourth-order valence-corrected chi connectivity index (χ4v) is 5.83. The summed E-state index contributed by atoms with van der Waals surface area (Å²) < 4.78 is 16.7. The molecule has 0 spiro atoms. The molecule has 2 aromatic heterocycles. The number of anilines is 1. The number of benzene rings is 2. The van der Waals surface area contributed by atoms with E-state index in [-0.39, 0.29) is 29.3 Å². The summed E-state index contributed by atoms with van der Waals surface area (Å²) in [5.41, 5.74) is 7.78. The lowest BCUT2D eigenvalue weighted by Gasteiger charge is -2.19. The third kappa shape index (κ3) is 4.47. The lowest BCUT2D eigenvalue weighted by molar-refractivity contribution is -0.138. The molecular formula is C30H28FN5O3. The predicted octanol–water partition coefficient (Wildman–Crippen LogP) is 4.95. The molecule has 0 amide bonds. The molecule has 0 unspecified atom stereocenters. The van der Waals surface area contributed by atoms with Crippen molar-refractivity contribution < 1.29 is 14.3 Å². The fraction of sp³-hybridized carbons (Fsp3) is 0.300. The number of rotatable bonds is 6. The zero-order valence-corrected chi connectivity index (χ0v) is 21.9. The highest BCUT2D eigenvalue weighted by Crippen LogP contribution is 2.47. The van der Waals surface area contributed by atoms with Gasteiger partial charge < -0.3 is 15.0 Å². The van der Waals surface area contributed by atoms with Crippen molar-refractivity contribution in [2.45, 2.75) is 45.1 Å². The van der Waals surface area contributed by atoms with Crippen LogP contribution in [0.5, 0.6) is 0 Å². The average molecular weight is 526 g/mol. The average Bonchev–Trinajstić information content (AvgIpc) is 3.61. The van der Waals surface area contributed by atoms with Crippen LogP contribution < -0.4 is 10.9 Å². The second kappa shape index (κ2) is 9.41. The van der Waals surface area contributed by atoms with Crippen LogP contribution in [0.25, 0.3) is 22.4 Å². The van der Waals surface area contributed by atoms with Gasteiger partial charge in [-0.3, -0.25) is 14.6 Å². The van der Waals surface area contributed by atoms with Crippen LogP contribution in [0.1, 0.15) is 52.7 Å². The minimum Gasteiger partial charge on any atom is -0.481 e. The predicted molar refractivity (Wildman–Crippen MR) is 145 cm³/mol. The number of aryl methyl sites for hydroxylation is 3. The maximum atomic E-state index is 15.2. The van der Waals surface area contributed by atoms with E-state index < -0.39 is 5.97 Å². The van der Waals surface area contributed by atoms with Gasteiger partial charge in [0.1, 0.15) is 11.6 Å². The minimum atomic E-state index is -0.805. The summed E-state index contributed by atoms with van der Waals surface area (Å²) in [5.74, 6) is -0.999. The molecule has 0 saturated heterocycles. The molecule has 2 aliphatic rings. The van der Waals surface area contributed by atoms with Crippen LogP contribution in [0.4, 0.5) is 10.2 Å². The maximum absolute atomic E-state index is 15.2. The van der Waals surface area contributed by atoms with Gasteiger partial charge in [-0.2, -0.15) is 0 Å². The van der Waals surface area contributed by atoms with E-state index in [9.17, 15) is 9.59 Å². The zero-order valence-electron chi connectivity index (χ0n) is 21.9. The standard InChI is InChI=1S/C30H28FN5O3/c1-15-8-17(24-11-27(37)36(3)14-34-24)9-16(2)28(15)18-4-6-22(31)29-19(18)5-7-23(29)35-26-13-32-25(12-33-26)20-10-21(20)30(38)39/h4,6,8-9,11-14,20-21,23H,5,7,10H2,1-3H3,(H,33,35)(H,38,39)/t20-,21-,23+/m0/s1. The number of aromatic nitrogens is 4. The number of hydrogen-bond donors (Lipinski definition) is 2.